The van der Waals surface area contributed by atoms with Gasteiger partial charge in [-0.1, -0.05) is 36.3 Å². The van der Waals surface area contributed by atoms with Crippen LogP contribution in [0.3, 0.4) is 0 Å². The molecule has 0 bridgehead atoms. The maximum absolute atomic E-state index is 12.0. The van der Waals surface area contributed by atoms with E-state index in [2.05, 4.69) is 5.92 Å². The molecular weight excluding hydrogens is 256 g/mol. The summed E-state index contributed by atoms with van der Waals surface area (Å²) in [6, 6.07) is 8.98. The molecule has 0 amide bonds. The molecule has 0 aliphatic carbocycles. The van der Waals surface area contributed by atoms with E-state index in [1.165, 1.54) is 0 Å². The van der Waals surface area contributed by atoms with Crippen LogP contribution in [0, 0.1) is 18.3 Å². The summed E-state index contributed by atoms with van der Waals surface area (Å²) in [6.45, 7) is 3.71. The summed E-state index contributed by atoms with van der Waals surface area (Å²) in [5, 5.41) is 0. The first-order chi connectivity index (χ1) is 9.65. The summed E-state index contributed by atoms with van der Waals surface area (Å²) in [6.07, 6.45) is 5.51. The van der Waals surface area contributed by atoms with Gasteiger partial charge in [-0.25, -0.2) is 0 Å². The molecule has 0 unspecified atom stereocenters. The Hall–Kier alpha value is -2.28. The van der Waals surface area contributed by atoms with E-state index in [1.54, 1.807) is 38.1 Å². The number of ether oxygens (including phenoxy) is 2. The monoisotopic (exact) mass is 274 g/mol. The number of carbonyl (C=O) groups is 2. The van der Waals surface area contributed by atoms with Crippen LogP contribution in [0.1, 0.15) is 25.3 Å². The highest BCUT2D eigenvalue weighted by Gasteiger charge is 2.37. The largest absolute Gasteiger partial charge is 0.465 e. The molecule has 4 nitrogen and oxygen atoms in total. The summed E-state index contributed by atoms with van der Waals surface area (Å²) in [4.78, 5) is 24.0. The van der Waals surface area contributed by atoms with Gasteiger partial charge < -0.3 is 9.47 Å². The third-order valence-corrected chi connectivity index (χ3v) is 2.75. The Morgan fingerprint density at radius 2 is 1.60 bits per heavy atom. The van der Waals surface area contributed by atoms with Crippen molar-refractivity contribution in [2.75, 3.05) is 13.2 Å². The maximum atomic E-state index is 12.0. The molecule has 0 saturated heterocycles. The van der Waals surface area contributed by atoms with Gasteiger partial charge in [-0.2, -0.15) is 0 Å². The van der Waals surface area contributed by atoms with Crippen LogP contribution in [0.5, 0.6) is 0 Å². The molecule has 0 heterocycles. The molecule has 4 heteroatoms. The second-order valence-electron chi connectivity index (χ2n) is 4.04. The lowest BCUT2D eigenvalue weighted by atomic mass is 9.86. The highest BCUT2D eigenvalue weighted by Crippen LogP contribution is 2.26. The van der Waals surface area contributed by atoms with Gasteiger partial charge in [0.2, 0.25) is 0 Å². The van der Waals surface area contributed by atoms with Gasteiger partial charge in [0.05, 0.1) is 19.1 Å². The van der Waals surface area contributed by atoms with Crippen LogP contribution in [0.25, 0.3) is 0 Å². The van der Waals surface area contributed by atoms with Gasteiger partial charge in [-0.3, -0.25) is 9.59 Å². The summed E-state index contributed by atoms with van der Waals surface area (Å²) < 4.78 is 9.88. The van der Waals surface area contributed by atoms with Crippen molar-refractivity contribution >= 4 is 11.9 Å². The molecule has 106 valence electrons. The second kappa shape index (κ2) is 8.00. The minimum atomic E-state index is -1.14. The number of hydrogen-bond acceptors (Lipinski definition) is 4. The minimum Gasteiger partial charge on any atom is -0.465 e. The molecular formula is C16H18O4. The fraction of sp³-hybridized carbons (Fsp3) is 0.375. The predicted octanol–water partition coefficient (Wildman–Crippen LogP) is 2.15. The van der Waals surface area contributed by atoms with Crippen LogP contribution in [-0.4, -0.2) is 25.2 Å². The van der Waals surface area contributed by atoms with Crippen LogP contribution in [0.2, 0.25) is 0 Å². The van der Waals surface area contributed by atoms with Gasteiger partial charge in [-0.15, -0.1) is 6.42 Å². The lowest BCUT2D eigenvalue weighted by molar-refractivity contribution is -0.162. The average molecular weight is 274 g/mol. The number of esters is 2. The van der Waals surface area contributed by atoms with Crippen LogP contribution in [0.15, 0.2) is 30.3 Å². The van der Waals surface area contributed by atoms with Crippen LogP contribution in [0.4, 0.5) is 0 Å². The molecule has 0 spiro atoms. The minimum absolute atomic E-state index is 0.181. The Morgan fingerprint density at radius 3 is 2.00 bits per heavy atom. The molecule has 0 aliphatic heterocycles. The molecule has 1 aromatic rings. The quantitative estimate of drug-likeness (QED) is 0.453. The van der Waals surface area contributed by atoms with Gasteiger partial charge in [0.1, 0.15) is 0 Å². The number of hydrogen-bond donors (Lipinski definition) is 0. The van der Waals surface area contributed by atoms with Crippen LogP contribution < -0.4 is 0 Å². The van der Waals surface area contributed by atoms with Crippen molar-refractivity contribution < 1.29 is 19.1 Å². The van der Waals surface area contributed by atoms with Crippen molar-refractivity contribution in [1.29, 1.82) is 0 Å². The van der Waals surface area contributed by atoms with E-state index in [0.29, 0.717) is 5.56 Å². The first-order valence-corrected chi connectivity index (χ1v) is 6.50. The third kappa shape index (κ3) is 3.86. The molecule has 0 aliphatic rings. The second-order valence-corrected chi connectivity index (χ2v) is 4.04. The molecule has 0 radical (unpaired) electrons. The van der Waals surface area contributed by atoms with Gasteiger partial charge in [-0.05, 0) is 19.4 Å². The van der Waals surface area contributed by atoms with Gasteiger partial charge >= 0.3 is 11.9 Å². The molecule has 0 saturated carbocycles. The lowest BCUT2D eigenvalue weighted by Crippen LogP contribution is -2.33. The number of terminal acetylenes is 1. The maximum Gasteiger partial charge on any atom is 0.321 e. The zero-order valence-corrected chi connectivity index (χ0v) is 11.7. The van der Waals surface area contributed by atoms with Crippen LogP contribution >= 0.6 is 0 Å². The SMILES string of the molecule is C#C[C@H](c1ccccc1)C(C(=O)OCC)C(=O)OCC. The highest BCUT2D eigenvalue weighted by molar-refractivity contribution is 5.96. The van der Waals surface area contributed by atoms with E-state index in [0.717, 1.165) is 0 Å². The molecule has 0 N–H and O–H groups in total. The van der Waals surface area contributed by atoms with Crippen molar-refractivity contribution in [2.45, 2.75) is 19.8 Å². The van der Waals surface area contributed by atoms with Crippen molar-refractivity contribution in [3.8, 4) is 12.3 Å². The molecule has 1 aromatic carbocycles. The summed E-state index contributed by atoms with van der Waals surface area (Å²) >= 11 is 0. The molecule has 20 heavy (non-hydrogen) atoms. The molecule has 1 rings (SSSR count). The average Bonchev–Trinajstić information content (AvgIpc) is 2.45. The fourth-order valence-electron chi connectivity index (χ4n) is 1.88. The normalized spacial score (nSPS) is 11.5. The standard InChI is InChI=1S/C16H18O4/c1-4-13(12-10-8-7-9-11-12)14(15(17)19-5-2)16(18)20-6-3/h1,7-11,13-14H,5-6H2,2-3H3/t13-/m1/s1. The van der Waals surface area contributed by atoms with Crippen molar-refractivity contribution in [2.24, 2.45) is 5.92 Å². The third-order valence-electron chi connectivity index (χ3n) is 2.75. The van der Waals surface area contributed by atoms with Gasteiger partial charge in [0.25, 0.3) is 0 Å². The Kier molecular flexibility index (Phi) is 6.31. The fourth-order valence-corrected chi connectivity index (χ4v) is 1.88. The summed E-state index contributed by atoms with van der Waals surface area (Å²) in [5.74, 6) is -0.651. The Labute approximate surface area is 119 Å². The van der Waals surface area contributed by atoms with Crippen molar-refractivity contribution in [1.82, 2.24) is 0 Å². The topological polar surface area (TPSA) is 52.6 Å². The number of rotatable bonds is 6. The predicted molar refractivity (Wildman–Crippen MR) is 74.8 cm³/mol. The van der Waals surface area contributed by atoms with E-state index in [-0.39, 0.29) is 13.2 Å². The Bertz CT molecular complexity index is 469. The van der Waals surface area contributed by atoms with E-state index < -0.39 is 23.8 Å². The number of carbonyl (C=O) groups excluding carboxylic acids is 2. The Morgan fingerprint density at radius 1 is 1.10 bits per heavy atom. The van der Waals surface area contributed by atoms with E-state index >= 15 is 0 Å². The Balaban J connectivity index is 3.10. The molecule has 0 fully saturated rings. The van der Waals surface area contributed by atoms with E-state index in [1.807, 2.05) is 6.07 Å². The summed E-state index contributed by atoms with van der Waals surface area (Å²) in [5.41, 5.74) is 0.709. The van der Waals surface area contributed by atoms with Gasteiger partial charge in [0.15, 0.2) is 5.92 Å². The van der Waals surface area contributed by atoms with Crippen LogP contribution in [-0.2, 0) is 19.1 Å². The van der Waals surface area contributed by atoms with E-state index in [4.69, 9.17) is 15.9 Å². The first kappa shape index (κ1) is 15.8. The van der Waals surface area contributed by atoms with Crippen molar-refractivity contribution in [3.63, 3.8) is 0 Å². The molecule has 1 atom stereocenters. The van der Waals surface area contributed by atoms with E-state index in [9.17, 15) is 9.59 Å². The smallest absolute Gasteiger partial charge is 0.321 e. The van der Waals surface area contributed by atoms with Gasteiger partial charge in [0, 0.05) is 0 Å². The number of benzene rings is 1. The first-order valence-electron chi connectivity index (χ1n) is 6.50. The summed E-state index contributed by atoms with van der Waals surface area (Å²) in [7, 11) is 0. The molecule has 0 aromatic heterocycles. The van der Waals surface area contributed by atoms with Crippen molar-refractivity contribution in [3.05, 3.63) is 35.9 Å². The zero-order chi connectivity index (χ0) is 15.0. The lowest BCUT2D eigenvalue weighted by Gasteiger charge is -2.20. The zero-order valence-electron chi connectivity index (χ0n) is 11.7. The highest BCUT2D eigenvalue weighted by atomic mass is 16.6.